The Kier molecular flexibility index (Phi) is 4.57. The number of carbonyl (C=O) groups is 1. The molecule has 4 rings (SSSR count). The molecule has 140 valence electrons. The van der Waals surface area contributed by atoms with Crippen molar-refractivity contribution in [2.75, 3.05) is 24.3 Å². The fourth-order valence-corrected chi connectivity index (χ4v) is 3.23. The lowest BCUT2D eigenvalue weighted by atomic mass is 10.1. The number of fused-ring (bicyclic) bond motifs is 1. The van der Waals surface area contributed by atoms with Gasteiger partial charge in [0.05, 0.1) is 0 Å². The number of aryl methyl sites for hydroxylation is 1. The van der Waals surface area contributed by atoms with Crippen LogP contribution < -0.4 is 10.2 Å². The minimum Gasteiger partial charge on any atom is -0.378 e. The Hall–Kier alpha value is -3.60. The normalized spacial score (nSPS) is 10.8. The smallest absolute Gasteiger partial charge is 0.256 e. The van der Waals surface area contributed by atoms with Gasteiger partial charge in [-0.05, 0) is 36.8 Å². The number of hydrogen-bond acceptors (Lipinski definition) is 3. The summed E-state index contributed by atoms with van der Waals surface area (Å²) in [5.74, 6) is 0.509. The number of anilines is 2. The molecule has 5 heteroatoms. The molecule has 0 unspecified atom stereocenters. The van der Waals surface area contributed by atoms with E-state index < -0.39 is 0 Å². The monoisotopic (exact) mass is 370 g/mol. The van der Waals surface area contributed by atoms with Crippen molar-refractivity contribution in [1.29, 1.82) is 0 Å². The highest BCUT2D eigenvalue weighted by Gasteiger charge is 2.18. The highest BCUT2D eigenvalue weighted by atomic mass is 16.1. The van der Waals surface area contributed by atoms with Crippen LogP contribution in [0.25, 0.3) is 16.9 Å². The number of benzene rings is 2. The van der Waals surface area contributed by atoms with Gasteiger partial charge in [0.1, 0.15) is 17.2 Å². The molecule has 1 N–H and O–H groups in total. The van der Waals surface area contributed by atoms with E-state index in [4.69, 9.17) is 4.98 Å². The number of nitrogens with one attached hydrogen (secondary N) is 1. The SMILES string of the molecule is Cc1cccn2c(NC(=O)c3cccc(N(C)C)c3)c(-c3ccccc3)nc12. The van der Waals surface area contributed by atoms with Gasteiger partial charge in [-0.3, -0.25) is 9.20 Å². The molecule has 4 aromatic rings. The standard InChI is InChI=1S/C23H22N4O/c1-16-9-8-14-27-21(16)24-20(17-10-5-4-6-11-17)22(27)25-23(28)18-12-7-13-19(15-18)26(2)3/h4-15H,1-3H3,(H,25,28). The molecule has 2 aromatic heterocycles. The summed E-state index contributed by atoms with van der Waals surface area (Å²) in [5.41, 5.74) is 5.18. The average molecular weight is 370 g/mol. The Morgan fingerprint density at radius 2 is 1.79 bits per heavy atom. The second kappa shape index (κ2) is 7.19. The topological polar surface area (TPSA) is 49.6 Å². The van der Waals surface area contributed by atoms with E-state index in [9.17, 15) is 4.79 Å². The lowest BCUT2D eigenvalue weighted by Crippen LogP contribution is -2.15. The van der Waals surface area contributed by atoms with Crippen molar-refractivity contribution in [1.82, 2.24) is 9.38 Å². The van der Waals surface area contributed by atoms with Gasteiger partial charge in [-0.2, -0.15) is 0 Å². The molecule has 0 spiro atoms. The van der Waals surface area contributed by atoms with Crippen molar-refractivity contribution in [3.8, 4) is 11.3 Å². The van der Waals surface area contributed by atoms with Crippen molar-refractivity contribution in [2.45, 2.75) is 6.92 Å². The molecule has 28 heavy (non-hydrogen) atoms. The van der Waals surface area contributed by atoms with Crippen LogP contribution in [0, 0.1) is 6.92 Å². The number of nitrogens with zero attached hydrogens (tertiary/aromatic N) is 3. The largest absolute Gasteiger partial charge is 0.378 e. The van der Waals surface area contributed by atoms with Gasteiger partial charge in [-0.15, -0.1) is 0 Å². The average Bonchev–Trinajstić information content (AvgIpc) is 3.08. The molecule has 0 aliphatic rings. The first kappa shape index (κ1) is 17.8. The molecule has 1 amide bonds. The van der Waals surface area contributed by atoms with Crippen molar-refractivity contribution in [2.24, 2.45) is 0 Å². The molecule has 5 nitrogen and oxygen atoms in total. The second-order valence-electron chi connectivity index (χ2n) is 6.96. The Balaban J connectivity index is 1.81. The van der Waals surface area contributed by atoms with Crippen LogP contribution in [0.2, 0.25) is 0 Å². The van der Waals surface area contributed by atoms with Gasteiger partial charge in [0.15, 0.2) is 0 Å². The third-order valence-electron chi connectivity index (χ3n) is 4.75. The van der Waals surface area contributed by atoms with Crippen molar-refractivity contribution >= 4 is 23.1 Å². The first-order valence-corrected chi connectivity index (χ1v) is 9.16. The van der Waals surface area contributed by atoms with Crippen LogP contribution in [0.4, 0.5) is 11.5 Å². The van der Waals surface area contributed by atoms with Crippen LogP contribution >= 0.6 is 0 Å². The van der Waals surface area contributed by atoms with Crippen LogP contribution in [0.5, 0.6) is 0 Å². The van der Waals surface area contributed by atoms with E-state index in [1.54, 1.807) is 0 Å². The molecule has 2 aromatic carbocycles. The van der Waals surface area contributed by atoms with E-state index in [0.29, 0.717) is 11.4 Å². The maximum absolute atomic E-state index is 13.0. The first-order valence-electron chi connectivity index (χ1n) is 9.16. The van der Waals surface area contributed by atoms with Gasteiger partial charge >= 0.3 is 0 Å². The molecule has 0 aliphatic heterocycles. The minimum absolute atomic E-state index is 0.163. The lowest BCUT2D eigenvalue weighted by molar-refractivity contribution is 0.102. The summed E-state index contributed by atoms with van der Waals surface area (Å²) in [5, 5.41) is 3.08. The summed E-state index contributed by atoms with van der Waals surface area (Å²) < 4.78 is 1.94. The lowest BCUT2D eigenvalue weighted by Gasteiger charge is -2.14. The molecule has 0 saturated carbocycles. The van der Waals surface area contributed by atoms with E-state index >= 15 is 0 Å². The van der Waals surface area contributed by atoms with Gasteiger partial charge in [0.2, 0.25) is 0 Å². The molecule has 0 radical (unpaired) electrons. The van der Waals surface area contributed by atoms with Crippen molar-refractivity contribution < 1.29 is 4.79 Å². The summed E-state index contributed by atoms with van der Waals surface area (Å²) in [6.45, 7) is 2.02. The van der Waals surface area contributed by atoms with Crippen LogP contribution in [0.15, 0.2) is 72.9 Å². The number of rotatable bonds is 4. The van der Waals surface area contributed by atoms with Gasteiger partial charge in [-0.1, -0.05) is 42.5 Å². The fraction of sp³-hybridized carbons (Fsp3) is 0.130. The summed E-state index contributed by atoms with van der Waals surface area (Å²) in [6, 6.07) is 21.4. The first-order chi connectivity index (χ1) is 13.5. The zero-order valence-electron chi connectivity index (χ0n) is 16.2. The third-order valence-corrected chi connectivity index (χ3v) is 4.75. The van der Waals surface area contributed by atoms with E-state index in [0.717, 1.165) is 28.2 Å². The maximum Gasteiger partial charge on any atom is 0.256 e. The molecular formula is C23H22N4O. The summed E-state index contributed by atoms with van der Waals surface area (Å²) in [7, 11) is 3.91. The molecule has 0 atom stereocenters. The Morgan fingerprint density at radius 3 is 2.54 bits per heavy atom. The Bertz CT molecular complexity index is 1150. The quantitative estimate of drug-likeness (QED) is 0.570. The molecule has 0 fully saturated rings. The predicted octanol–water partition coefficient (Wildman–Crippen LogP) is 4.63. The highest BCUT2D eigenvalue weighted by molar-refractivity contribution is 6.06. The van der Waals surface area contributed by atoms with Crippen LogP contribution in [-0.2, 0) is 0 Å². The summed E-state index contributed by atoms with van der Waals surface area (Å²) in [6.07, 6.45) is 1.92. The van der Waals surface area contributed by atoms with E-state index in [2.05, 4.69) is 5.32 Å². The maximum atomic E-state index is 13.0. The third kappa shape index (κ3) is 3.22. The molecule has 0 aliphatic carbocycles. The van der Waals surface area contributed by atoms with Gasteiger partial charge < -0.3 is 10.2 Å². The number of imidazole rings is 1. The van der Waals surface area contributed by atoms with Crippen molar-refractivity contribution in [3.05, 3.63) is 84.1 Å². The van der Waals surface area contributed by atoms with Gasteiger partial charge in [0, 0.05) is 37.1 Å². The molecule has 0 saturated heterocycles. The van der Waals surface area contributed by atoms with Crippen LogP contribution in [0.3, 0.4) is 0 Å². The Labute approximate surface area is 164 Å². The number of pyridine rings is 1. The molecular weight excluding hydrogens is 348 g/mol. The number of carbonyl (C=O) groups excluding carboxylic acids is 1. The van der Waals surface area contributed by atoms with Gasteiger partial charge in [0.25, 0.3) is 5.91 Å². The highest BCUT2D eigenvalue weighted by Crippen LogP contribution is 2.30. The minimum atomic E-state index is -0.163. The van der Waals surface area contributed by atoms with Crippen molar-refractivity contribution in [3.63, 3.8) is 0 Å². The summed E-state index contributed by atoms with van der Waals surface area (Å²) in [4.78, 5) is 19.8. The van der Waals surface area contributed by atoms with Crippen LogP contribution in [-0.4, -0.2) is 29.4 Å². The van der Waals surface area contributed by atoms with Crippen LogP contribution in [0.1, 0.15) is 15.9 Å². The number of hydrogen-bond donors (Lipinski definition) is 1. The second-order valence-corrected chi connectivity index (χ2v) is 6.96. The van der Waals surface area contributed by atoms with E-state index in [1.165, 1.54) is 0 Å². The zero-order chi connectivity index (χ0) is 19.7. The zero-order valence-corrected chi connectivity index (χ0v) is 16.2. The van der Waals surface area contributed by atoms with E-state index in [1.807, 2.05) is 103 Å². The predicted molar refractivity (Wildman–Crippen MR) is 114 cm³/mol. The number of amides is 1. The molecule has 2 heterocycles. The summed E-state index contributed by atoms with van der Waals surface area (Å²) >= 11 is 0. The fourth-order valence-electron chi connectivity index (χ4n) is 3.23. The van der Waals surface area contributed by atoms with E-state index in [-0.39, 0.29) is 5.91 Å². The molecule has 0 bridgehead atoms. The Morgan fingerprint density at radius 1 is 1.00 bits per heavy atom. The van der Waals surface area contributed by atoms with Gasteiger partial charge in [-0.25, -0.2) is 4.98 Å². The number of aromatic nitrogens is 2.